The second kappa shape index (κ2) is 5.22. The molecule has 1 saturated carbocycles. The van der Waals surface area contributed by atoms with Crippen LogP contribution in [0.3, 0.4) is 0 Å². The lowest BCUT2D eigenvalue weighted by Gasteiger charge is -2.43. The fourth-order valence-corrected chi connectivity index (χ4v) is 5.49. The smallest absolute Gasteiger partial charge is 0.173 e. The van der Waals surface area contributed by atoms with Crippen LogP contribution >= 0.6 is 0 Å². The molecule has 2 aromatic carbocycles. The molecule has 0 bridgehead atoms. The molecule has 2 fully saturated rings. The number of rotatable bonds is 1. The molecule has 27 heavy (non-hydrogen) atoms. The standard InChI is InChI=1S/C23H26N4/c1-15-10-6-8-12-17(15)26-19(24-4)20(25-5)27-18-13-9-7-11-16(18)22(2)14-23(22,3)21(26)27/h6-13,21H,14H2,1-5H3. The van der Waals surface area contributed by atoms with Gasteiger partial charge in [-0.3, -0.25) is 9.98 Å². The number of hydrogen-bond donors (Lipinski definition) is 0. The Morgan fingerprint density at radius 3 is 2.04 bits per heavy atom. The van der Waals surface area contributed by atoms with Gasteiger partial charge in [-0.25, -0.2) is 0 Å². The summed E-state index contributed by atoms with van der Waals surface area (Å²) in [5, 5.41) is 0. The zero-order valence-electron chi connectivity index (χ0n) is 16.7. The average Bonchev–Trinajstić information content (AvgIpc) is 3.11. The van der Waals surface area contributed by atoms with Crippen LogP contribution in [0.25, 0.3) is 0 Å². The molecular weight excluding hydrogens is 332 g/mol. The number of aryl methyl sites for hydroxylation is 1. The third kappa shape index (κ3) is 1.83. The summed E-state index contributed by atoms with van der Waals surface area (Å²) in [5.74, 6) is 1.93. The van der Waals surface area contributed by atoms with Crippen LogP contribution in [0, 0.1) is 12.3 Å². The van der Waals surface area contributed by atoms with Crippen LogP contribution < -0.4 is 9.80 Å². The molecule has 2 aromatic rings. The summed E-state index contributed by atoms with van der Waals surface area (Å²) in [5.41, 5.74) is 5.53. The maximum absolute atomic E-state index is 4.71. The third-order valence-corrected chi connectivity index (χ3v) is 7.13. The molecular formula is C23H26N4. The van der Waals surface area contributed by atoms with Gasteiger partial charge in [0.15, 0.2) is 11.7 Å². The molecule has 5 rings (SSSR count). The van der Waals surface area contributed by atoms with Crippen molar-refractivity contribution in [1.82, 2.24) is 0 Å². The van der Waals surface area contributed by atoms with Crippen molar-refractivity contribution in [2.75, 3.05) is 23.9 Å². The average molecular weight is 358 g/mol. The lowest BCUT2D eigenvalue weighted by Crippen LogP contribution is -2.51. The number of benzene rings is 2. The minimum absolute atomic E-state index is 0.145. The van der Waals surface area contributed by atoms with E-state index in [1.165, 1.54) is 28.9 Å². The van der Waals surface area contributed by atoms with Crippen molar-refractivity contribution in [2.24, 2.45) is 15.4 Å². The summed E-state index contributed by atoms with van der Waals surface area (Å²) in [4.78, 5) is 14.3. The Kier molecular flexibility index (Phi) is 3.20. The maximum Gasteiger partial charge on any atom is 0.173 e. The Balaban J connectivity index is 1.81. The molecule has 138 valence electrons. The first kappa shape index (κ1) is 16.5. The predicted molar refractivity (Wildman–Crippen MR) is 113 cm³/mol. The lowest BCUT2D eigenvalue weighted by molar-refractivity contribution is 0.378. The van der Waals surface area contributed by atoms with Crippen LogP contribution in [-0.2, 0) is 5.41 Å². The molecule has 4 heteroatoms. The van der Waals surface area contributed by atoms with Crippen molar-refractivity contribution < 1.29 is 0 Å². The highest BCUT2D eigenvalue weighted by Gasteiger charge is 2.73. The summed E-state index contributed by atoms with van der Waals surface area (Å²) in [6, 6.07) is 17.4. The molecule has 2 heterocycles. The van der Waals surface area contributed by atoms with E-state index in [9.17, 15) is 0 Å². The molecule has 0 spiro atoms. The second-order valence-electron chi connectivity index (χ2n) is 8.44. The molecule has 3 unspecified atom stereocenters. The van der Waals surface area contributed by atoms with Gasteiger partial charge < -0.3 is 9.80 Å². The number of aliphatic imine (C=N–C) groups is 2. The van der Waals surface area contributed by atoms with Gasteiger partial charge in [-0.1, -0.05) is 50.2 Å². The highest BCUT2D eigenvalue weighted by atomic mass is 15.5. The maximum atomic E-state index is 4.71. The number of hydrogen-bond acceptors (Lipinski definition) is 2. The van der Waals surface area contributed by atoms with Crippen LogP contribution in [0.4, 0.5) is 11.4 Å². The van der Waals surface area contributed by atoms with Gasteiger partial charge in [-0.15, -0.1) is 0 Å². The van der Waals surface area contributed by atoms with Crippen LogP contribution in [0.1, 0.15) is 31.4 Å². The van der Waals surface area contributed by atoms with Gasteiger partial charge in [0.1, 0.15) is 6.17 Å². The molecule has 4 nitrogen and oxygen atoms in total. The number of anilines is 2. The van der Waals surface area contributed by atoms with Crippen LogP contribution in [-0.4, -0.2) is 31.9 Å². The van der Waals surface area contributed by atoms with Crippen molar-refractivity contribution in [2.45, 2.75) is 38.8 Å². The fraction of sp³-hybridized carbons (Fsp3) is 0.391. The van der Waals surface area contributed by atoms with E-state index in [1.807, 2.05) is 14.1 Å². The van der Waals surface area contributed by atoms with Crippen LogP contribution in [0.5, 0.6) is 0 Å². The Bertz CT molecular complexity index is 1010. The van der Waals surface area contributed by atoms with Gasteiger partial charge >= 0.3 is 0 Å². The van der Waals surface area contributed by atoms with Gasteiger partial charge in [0.25, 0.3) is 0 Å². The second-order valence-corrected chi connectivity index (χ2v) is 8.44. The normalized spacial score (nSPS) is 33.9. The van der Waals surface area contributed by atoms with E-state index in [4.69, 9.17) is 9.98 Å². The van der Waals surface area contributed by atoms with Gasteiger partial charge in [-0.2, -0.15) is 0 Å². The number of fused-ring (bicyclic) bond motifs is 6. The molecule has 0 radical (unpaired) electrons. The first-order valence-electron chi connectivity index (χ1n) is 9.65. The van der Waals surface area contributed by atoms with Crippen molar-refractivity contribution >= 4 is 23.0 Å². The monoisotopic (exact) mass is 358 g/mol. The minimum atomic E-state index is 0.145. The molecule has 0 N–H and O–H groups in total. The summed E-state index contributed by atoms with van der Waals surface area (Å²) >= 11 is 0. The largest absolute Gasteiger partial charge is 0.301 e. The Morgan fingerprint density at radius 1 is 0.852 bits per heavy atom. The van der Waals surface area contributed by atoms with Crippen LogP contribution in [0.2, 0.25) is 0 Å². The van der Waals surface area contributed by atoms with Crippen molar-refractivity contribution in [3.05, 3.63) is 59.7 Å². The Labute approximate surface area is 161 Å². The summed E-state index contributed by atoms with van der Waals surface area (Å²) < 4.78 is 0. The van der Waals surface area contributed by atoms with Crippen molar-refractivity contribution in [1.29, 1.82) is 0 Å². The zero-order valence-corrected chi connectivity index (χ0v) is 16.7. The highest BCUT2D eigenvalue weighted by Crippen LogP contribution is 2.72. The molecule has 3 aliphatic rings. The van der Waals surface area contributed by atoms with Crippen molar-refractivity contribution in [3.63, 3.8) is 0 Å². The quantitative estimate of drug-likeness (QED) is 0.757. The molecule has 0 aromatic heterocycles. The van der Waals surface area contributed by atoms with E-state index in [-0.39, 0.29) is 17.0 Å². The molecule has 2 aliphatic heterocycles. The number of amidine groups is 2. The van der Waals surface area contributed by atoms with Crippen LogP contribution in [0.15, 0.2) is 58.5 Å². The van der Waals surface area contributed by atoms with Crippen molar-refractivity contribution in [3.8, 4) is 0 Å². The molecule has 1 aliphatic carbocycles. The van der Waals surface area contributed by atoms with E-state index in [1.54, 1.807) is 0 Å². The summed E-state index contributed by atoms with van der Waals surface area (Å²) in [7, 11) is 3.76. The fourth-order valence-electron chi connectivity index (χ4n) is 5.49. The third-order valence-electron chi connectivity index (χ3n) is 7.13. The number of para-hydroxylation sites is 2. The van der Waals surface area contributed by atoms with Gasteiger partial charge in [0, 0.05) is 36.3 Å². The summed E-state index contributed by atoms with van der Waals surface area (Å²) in [6.45, 7) is 7.03. The minimum Gasteiger partial charge on any atom is -0.301 e. The highest BCUT2D eigenvalue weighted by molar-refractivity contribution is 6.53. The lowest BCUT2D eigenvalue weighted by atomic mass is 9.81. The van der Waals surface area contributed by atoms with E-state index in [0.717, 1.165) is 11.7 Å². The van der Waals surface area contributed by atoms with E-state index in [2.05, 4.69) is 79.1 Å². The van der Waals surface area contributed by atoms with Gasteiger partial charge in [0.2, 0.25) is 0 Å². The van der Waals surface area contributed by atoms with E-state index < -0.39 is 0 Å². The molecule has 3 atom stereocenters. The number of nitrogens with zero attached hydrogens (tertiary/aromatic N) is 4. The van der Waals surface area contributed by atoms with E-state index >= 15 is 0 Å². The Hall–Kier alpha value is -2.62. The van der Waals surface area contributed by atoms with Gasteiger partial charge in [-0.05, 0) is 36.6 Å². The molecule has 0 amide bonds. The summed E-state index contributed by atoms with van der Waals surface area (Å²) in [6.07, 6.45) is 1.37. The first-order valence-corrected chi connectivity index (χ1v) is 9.65. The zero-order chi connectivity index (χ0) is 19.0. The SMILES string of the molecule is CN=C1C(=NC)N2c3ccccc3C3(C)CC3(C)C2N1c1ccccc1C. The Morgan fingerprint density at radius 2 is 1.41 bits per heavy atom. The van der Waals surface area contributed by atoms with Gasteiger partial charge in [0.05, 0.1) is 0 Å². The first-order chi connectivity index (χ1) is 13.0. The van der Waals surface area contributed by atoms with E-state index in [0.29, 0.717) is 0 Å². The predicted octanol–water partition coefficient (Wildman–Crippen LogP) is 4.39. The topological polar surface area (TPSA) is 31.2 Å². The molecule has 1 saturated heterocycles.